The van der Waals surface area contributed by atoms with Crippen molar-refractivity contribution >= 4 is 6.29 Å². The Kier molecular flexibility index (Phi) is 2.47. The van der Waals surface area contributed by atoms with E-state index in [2.05, 4.69) is 0 Å². The van der Waals surface area contributed by atoms with Crippen LogP contribution in [0.15, 0.2) is 0 Å². The normalized spacial score (nSPS) is 20.1. The van der Waals surface area contributed by atoms with Gasteiger partial charge in [0.05, 0.1) is 12.2 Å². The molecule has 0 unspecified atom stereocenters. The van der Waals surface area contributed by atoms with E-state index in [1.165, 1.54) is 0 Å². The van der Waals surface area contributed by atoms with Gasteiger partial charge in [0.2, 0.25) is 11.6 Å². The van der Waals surface area contributed by atoms with Crippen LogP contribution in [0.1, 0.15) is 43.6 Å². The van der Waals surface area contributed by atoms with Crippen molar-refractivity contribution in [3.8, 4) is 23.0 Å². The van der Waals surface area contributed by atoms with E-state index in [0.29, 0.717) is 23.3 Å². The molecule has 6 heteroatoms. The van der Waals surface area contributed by atoms with Gasteiger partial charge in [-0.25, -0.2) is 0 Å². The first-order chi connectivity index (χ1) is 9.28. The maximum atomic E-state index is 11.4. The minimum Gasteiger partial charge on any atom is -0.448 e. The molecule has 0 aromatic heterocycles. The van der Waals surface area contributed by atoms with Crippen LogP contribution in [-0.4, -0.2) is 23.0 Å². The number of carbonyl (C=O) groups is 1. The lowest BCUT2D eigenvalue weighted by Gasteiger charge is -2.18. The molecule has 6 nitrogen and oxygen atoms in total. The van der Waals surface area contributed by atoms with Gasteiger partial charge in [-0.2, -0.15) is 0 Å². The molecule has 0 bridgehead atoms. The van der Waals surface area contributed by atoms with Crippen molar-refractivity contribution in [2.75, 3.05) is 0 Å². The van der Waals surface area contributed by atoms with Gasteiger partial charge in [-0.05, 0) is 0 Å². The highest BCUT2D eigenvalue weighted by molar-refractivity contribution is 5.89. The molecular formula is C14H16O6. The van der Waals surface area contributed by atoms with Crippen molar-refractivity contribution in [3.05, 3.63) is 11.1 Å². The summed E-state index contributed by atoms with van der Waals surface area (Å²) in [5.41, 5.74) is 0.667. The van der Waals surface area contributed by atoms with Crippen LogP contribution in [0.3, 0.4) is 0 Å². The van der Waals surface area contributed by atoms with Gasteiger partial charge < -0.3 is 24.1 Å². The summed E-state index contributed by atoms with van der Waals surface area (Å²) >= 11 is 0. The van der Waals surface area contributed by atoms with Crippen molar-refractivity contribution in [3.63, 3.8) is 0 Å². The molecular weight excluding hydrogens is 264 g/mol. The highest BCUT2D eigenvalue weighted by Gasteiger charge is 2.44. The van der Waals surface area contributed by atoms with Gasteiger partial charge in [-0.15, -0.1) is 0 Å². The van der Waals surface area contributed by atoms with E-state index in [1.807, 2.05) is 0 Å². The Balaban J connectivity index is 2.28. The fraction of sp³-hybridized carbons (Fsp3) is 0.500. The molecule has 1 aromatic carbocycles. The van der Waals surface area contributed by atoms with E-state index in [0.717, 1.165) is 0 Å². The molecule has 0 amide bonds. The number of aliphatic hydroxyl groups excluding tert-OH is 1. The summed E-state index contributed by atoms with van der Waals surface area (Å²) in [5, 5.41) is 9.61. The standard InChI is InChI=1S/C14H16O6/c1-13(2)17-9-7(5-15)11-12(20-14(3,4)19-11)8(6-16)10(9)18-13/h5,16H,6H2,1-4H3. The number of carbonyl (C=O) groups excluding carboxylic acids is 1. The number of ether oxygens (including phenoxy) is 4. The summed E-state index contributed by atoms with van der Waals surface area (Å²) in [6, 6.07) is 0. The highest BCUT2D eigenvalue weighted by Crippen LogP contribution is 2.56. The van der Waals surface area contributed by atoms with Crippen LogP contribution in [0.25, 0.3) is 0 Å². The monoisotopic (exact) mass is 280 g/mol. The van der Waals surface area contributed by atoms with Gasteiger partial charge in [-0.1, -0.05) is 0 Å². The molecule has 3 rings (SSSR count). The van der Waals surface area contributed by atoms with Gasteiger partial charge in [0.25, 0.3) is 0 Å². The summed E-state index contributed by atoms with van der Waals surface area (Å²) in [6.07, 6.45) is 0.647. The lowest BCUT2D eigenvalue weighted by atomic mass is 10.1. The van der Waals surface area contributed by atoms with Crippen LogP contribution in [0.2, 0.25) is 0 Å². The number of aliphatic hydroxyl groups is 1. The smallest absolute Gasteiger partial charge is 0.246 e. The lowest BCUT2D eigenvalue weighted by molar-refractivity contribution is -0.0495. The molecule has 0 saturated heterocycles. The zero-order chi connectivity index (χ0) is 14.7. The first-order valence-electron chi connectivity index (χ1n) is 6.33. The zero-order valence-electron chi connectivity index (χ0n) is 11.8. The van der Waals surface area contributed by atoms with Crippen molar-refractivity contribution in [2.45, 2.75) is 45.9 Å². The van der Waals surface area contributed by atoms with Gasteiger partial charge in [0, 0.05) is 27.7 Å². The minimum atomic E-state index is -0.908. The van der Waals surface area contributed by atoms with Crippen molar-refractivity contribution in [2.24, 2.45) is 0 Å². The zero-order valence-corrected chi connectivity index (χ0v) is 11.8. The summed E-state index contributed by atoms with van der Waals surface area (Å²) in [7, 11) is 0. The third-order valence-corrected chi connectivity index (χ3v) is 3.12. The largest absolute Gasteiger partial charge is 0.448 e. The molecule has 0 fully saturated rings. The fourth-order valence-electron chi connectivity index (χ4n) is 2.42. The number of fused-ring (bicyclic) bond motifs is 2. The van der Waals surface area contributed by atoms with E-state index in [9.17, 15) is 9.90 Å². The summed E-state index contributed by atoms with van der Waals surface area (Å²) in [6.45, 7) is 6.58. The topological polar surface area (TPSA) is 74.2 Å². The lowest BCUT2D eigenvalue weighted by Crippen LogP contribution is -2.31. The Bertz CT molecular complexity index is 557. The highest BCUT2D eigenvalue weighted by atomic mass is 16.7. The number of aldehydes is 1. The fourth-order valence-corrected chi connectivity index (χ4v) is 2.42. The second-order valence-corrected chi connectivity index (χ2v) is 5.69. The Hall–Kier alpha value is -1.95. The molecule has 108 valence electrons. The summed E-state index contributed by atoms with van der Waals surface area (Å²) in [5.74, 6) is -0.578. The molecule has 0 aliphatic carbocycles. The summed E-state index contributed by atoms with van der Waals surface area (Å²) in [4.78, 5) is 11.4. The van der Waals surface area contributed by atoms with Crippen LogP contribution in [-0.2, 0) is 6.61 Å². The van der Waals surface area contributed by atoms with Crippen molar-refractivity contribution < 1.29 is 28.8 Å². The molecule has 2 heterocycles. The van der Waals surface area contributed by atoms with Gasteiger partial charge >= 0.3 is 0 Å². The van der Waals surface area contributed by atoms with E-state index in [-0.39, 0.29) is 23.7 Å². The van der Waals surface area contributed by atoms with Gasteiger partial charge in [-0.3, -0.25) is 4.79 Å². The Morgan fingerprint density at radius 1 is 0.900 bits per heavy atom. The maximum Gasteiger partial charge on any atom is 0.246 e. The third kappa shape index (κ3) is 1.71. The first kappa shape index (κ1) is 13.1. The summed E-state index contributed by atoms with van der Waals surface area (Å²) < 4.78 is 22.7. The molecule has 0 radical (unpaired) electrons. The molecule has 20 heavy (non-hydrogen) atoms. The average molecular weight is 280 g/mol. The minimum absolute atomic E-state index is 0.239. The van der Waals surface area contributed by atoms with Crippen LogP contribution < -0.4 is 18.9 Å². The van der Waals surface area contributed by atoms with E-state index in [1.54, 1.807) is 27.7 Å². The molecule has 1 N–H and O–H groups in total. The molecule has 1 aromatic rings. The van der Waals surface area contributed by atoms with Gasteiger partial charge in [0.1, 0.15) is 5.56 Å². The quantitative estimate of drug-likeness (QED) is 0.835. The molecule has 0 atom stereocenters. The number of hydrogen-bond acceptors (Lipinski definition) is 6. The first-order valence-corrected chi connectivity index (χ1v) is 6.33. The van der Waals surface area contributed by atoms with Crippen LogP contribution in [0, 0.1) is 0 Å². The SMILES string of the molecule is CC1(C)Oc2c(C=O)c3c(c(CO)c2O1)OC(C)(C)O3. The van der Waals surface area contributed by atoms with Crippen LogP contribution in [0.4, 0.5) is 0 Å². The maximum absolute atomic E-state index is 11.4. The van der Waals surface area contributed by atoms with Crippen molar-refractivity contribution in [1.29, 1.82) is 0 Å². The predicted molar refractivity (Wildman–Crippen MR) is 68.4 cm³/mol. The van der Waals surface area contributed by atoms with Crippen molar-refractivity contribution in [1.82, 2.24) is 0 Å². The molecule has 0 saturated carbocycles. The molecule has 2 aliphatic heterocycles. The number of benzene rings is 1. The Morgan fingerprint density at radius 3 is 1.65 bits per heavy atom. The second kappa shape index (κ2) is 3.79. The second-order valence-electron chi connectivity index (χ2n) is 5.69. The molecule has 0 spiro atoms. The van der Waals surface area contributed by atoms with E-state index in [4.69, 9.17) is 18.9 Å². The van der Waals surface area contributed by atoms with Crippen LogP contribution >= 0.6 is 0 Å². The number of hydrogen-bond donors (Lipinski definition) is 1. The Morgan fingerprint density at radius 2 is 1.30 bits per heavy atom. The molecule has 2 aliphatic rings. The third-order valence-electron chi connectivity index (χ3n) is 3.12. The Labute approximate surface area is 116 Å². The van der Waals surface area contributed by atoms with Crippen LogP contribution in [0.5, 0.6) is 23.0 Å². The van der Waals surface area contributed by atoms with E-state index >= 15 is 0 Å². The van der Waals surface area contributed by atoms with Gasteiger partial charge in [0.15, 0.2) is 29.3 Å². The number of rotatable bonds is 2. The predicted octanol–water partition coefficient (Wildman–Crippen LogP) is 2.01. The average Bonchev–Trinajstić information content (AvgIpc) is 2.80. The van der Waals surface area contributed by atoms with E-state index < -0.39 is 11.6 Å².